The van der Waals surface area contributed by atoms with Gasteiger partial charge in [0.15, 0.2) is 0 Å². The predicted molar refractivity (Wildman–Crippen MR) is 42.8 cm³/mol. The molecule has 0 radical (unpaired) electrons. The van der Waals surface area contributed by atoms with E-state index < -0.39 is 0 Å². The van der Waals surface area contributed by atoms with Crippen molar-refractivity contribution >= 4 is 5.91 Å². The van der Waals surface area contributed by atoms with Crippen molar-refractivity contribution in [1.29, 1.82) is 0 Å². The second-order valence-corrected chi connectivity index (χ2v) is 4.06. The first kappa shape index (κ1) is 7.14. The third kappa shape index (κ3) is 1.05. The van der Waals surface area contributed by atoms with Crippen LogP contribution in [0.1, 0.15) is 38.5 Å². The molecular formula is C9H15NO. The summed E-state index contributed by atoms with van der Waals surface area (Å²) in [6.07, 6.45) is 7.32. The molecule has 62 valence electrons. The Balaban J connectivity index is 2.10. The van der Waals surface area contributed by atoms with E-state index in [1.54, 1.807) is 0 Å². The van der Waals surface area contributed by atoms with Gasteiger partial charge in [0.25, 0.3) is 0 Å². The zero-order valence-electron chi connectivity index (χ0n) is 6.81. The fourth-order valence-electron chi connectivity index (χ4n) is 2.51. The molecule has 1 unspecified atom stereocenters. The van der Waals surface area contributed by atoms with Gasteiger partial charge in [-0.05, 0) is 31.1 Å². The van der Waals surface area contributed by atoms with Gasteiger partial charge in [0.05, 0.1) is 0 Å². The Morgan fingerprint density at radius 1 is 1.27 bits per heavy atom. The average Bonchev–Trinajstić information content (AvgIpc) is 2.70. The smallest absolute Gasteiger partial charge is 0.221 e. The number of carbonyl (C=O) groups excluding carboxylic acids is 1. The van der Waals surface area contributed by atoms with Gasteiger partial charge in [0.2, 0.25) is 5.91 Å². The molecule has 0 heterocycles. The maximum absolute atomic E-state index is 11.0. The van der Waals surface area contributed by atoms with Crippen LogP contribution in [0.2, 0.25) is 0 Å². The standard InChI is InChI=1S/C9H15NO/c10-8(11)7-3-1-2-4-9(7)5-6-9/h7H,1-6H2,(H2,10,11). The van der Waals surface area contributed by atoms with E-state index in [1.807, 2.05) is 0 Å². The minimum atomic E-state index is -0.0535. The topological polar surface area (TPSA) is 43.1 Å². The van der Waals surface area contributed by atoms with E-state index in [1.165, 1.54) is 32.1 Å². The maximum Gasteiger partial charge on any atom is 0.221 e. The summed E-state index contributed by atoms with van der Waals surface area (Å²) in [5.74, 6) is 0.165. The third-order valence-electron chi connectivity index (χ3n) is 3.39. The zero-order valence-corrected chi connectivity index (χ0v) is 6.81. The molecule has 0 aliphatic heterocycles. The largest absolute Gasteiger partial charge is 0.369 e. The Hall–Kier alpha value is -0.530. The van der Waals surface area contributed by atoms with Crippen molar-refractivity contribution in [2.75, 3.05) is 0 Å². The lowest BCUT2D eigenvalue weighted by Gasteiger charge is -2.28. The fraction of sp³-hybridized carbons (Fsp3) is 0.889. The summed E-state index contributed by atoms with van der Waals surface area (Å²) >= 11 is 0. The highest BCUT2D eigenvalue weighted by Gasteiger charge is 2.52. The van der Waals surface area contributed by atoms with E-state index in [4.69, 9.17) is 5.73 Å². The normalized spacial score (nSPS) is 33.6. The van der Waals surface area contributed by atoms with E-state index in [2.05, 4.69) is 0 Å². The van der Waals surface area contributed by atoms with Gasteiger partial charge in [-0.15, -0.1) is 0 Å². The monoisotopic (exact) mass is 153 g/mol. The lowest BCUT2D eigenvalue weighted by atomic mass is 9.76. The summed E-state index contributed by atoms with van der Waals surface area (Å²) in [5.41, 5.74) is 5.74. The second kappa shape index (κ2) is 2.23. The molecule has 1 amide bonds. The van der Waals surface area contributed by atoms with Crippen LogP contribution in [0.3, 0.4) is 0 Å². The highest BCUT2D eigenvalue weighted by atomic mass is 16.1. The Morgan fingerprint density at radius 2 is 2.00 bits per heavy atom. The molecule has 11 heavy (non-hydrogen) atoms. The summed E-state index contributed by atoms with van der Waals surface area (Å²) in [4.78, 5) is 11.0. The highest BCUT2D eigenvalue weighted by Crippen LogP contribution is 2.59. The Morgan fingerprint density at radius 3 is 2.45 bits per heavy atom. The van der Waals surface area contributed by atoms with E-state index in [9.17, 15) is 4.79 Å². The molecule has 2 fully saturated rings. The van der Waals surface area contributed by atoms with Crippen LogP contribution in [0.25, 0.3) is 0 Å². The van der Waals surface area contributed by atoms with Crippen molar-refractivity contribution in [3.63, 3.8) is 0 Å². The molecular weight excluding hydrogens is 138 g/mol. The van der Waals surface area contributed by atoms with Crippen molar-refractivity contribution in [3.05, 3.63) is 0 Å². The minimum absolute atomic E-state index is 0.0535. The molecule has 2 saturated carbocycles. The molecule has 0 saturated heterocycles. The first-order valence-corrected chi connectivity index (χ1v) is 4.54. The van der Waals surface area contributed by atoms with Crippen LogP contribution in [0.15, 0.2) is 0 Å². The van der Waals surface area contributed by atoms with Gasteiger partial charge >= 0.3 is 0 Å². The summed E-state index contributed by atoms with van der Waals surface area (Å²) in [7, 11) is 0. The first-order chi connectivity index (χ1) is 5.25. The van der Waals surface area contributed by atoms with Crippen LogP contribution in [0, 0.1) is 11.3 Å². The number of hydrogen-bond donors (Lipinski definition) is 1. The number of hydrogen-bond acceptors (Lipinski definition) is 1. The molecule has 2 rings (SSSR count). The van der Waals surface area contributed by atoms with Crippen molar-refractivity contribution in [2.24, 2.45) is 17.1 Å². The molecule has 1 spiro atoms. The highest BCUT2D eigenvalue weighted by molar-refractivity contribution is 5.78. The van der Waals surface area contributed by atoms with Crippen molar-refractivity contribution in [2.45, 2.75) is 38.5 Å². The van der Waals surface area contributed by atoms with Crippen LogP contribution >= 0.6 is 0 Å². The average molecular weight is 153 g/mol. The molecule has 0 aromatic heterocycles. The van der Waals surface area contributed by atoms with Gasteiger partial charge in [0.1, 0.15) is 0 Å². The number of amides is 1. The fourth-order valence-corrected chi connectivity index (χ4v) is 2.51. The first-order valence-electron chi connectivity index (χ1n) is 4.54. The van der Waals surface area contributed by atoms with Crippen LogP contribution in [-0.4, -0.2) is 5.91 Å². The number of carbonyl (C=O) groups is 1. The van der Waals surface area contributed by atoms with Crippen LogP contribution in [-0.2, 0) is 4.79 Å². The van der Waals surface area contributed by atoms with E-state index in [0.29, 0.717) is 5.41 Å². The van der Waals surface area contributed by atoms with Gasteiger partial charge in [-0.2, -0.15) is 0 Å². The molecule has 0 aromatic rings. The van der Waals surface area contributed by atoms with E-state index in [0.717, 1.165) is 6.42 Å². The summed E-state index contributed by atoms with van der Waals surface area (Å²) < 4.78 is 0. The van der Waals surface area contributed by atoms with Crippen LogP contribution in [0.5, 0.6) is 0 Å². The Labute approximate surface area is 67.1 Å². The molecule has 2 aliphatic carbocycles. The Bertz CT molecular complexity index is 184. The second-order valence-electron chi connectivity index (χ2n) is 4.06. The number of primary amides is 1. The van der Waals surface area contributed by atoms with Gasteiger partial charge in [-0.1, -0.05) is 12.8 Å². The number of rotatable bonds is 1. The van der Waals surface area contributed by atoms with Crippen molar-refractivity contribution in [1.82, 2.24) is 0 Å². The minimum Gasteiger partial charge on any atom is -0.369 e. The number of nitrogens with two attached hydrogens (primary N) is 1. The van der Waals surface area contributed by atoms with Crippen molar-refractivity contribution < 1.29 is 4.79 Å². The maximum atomic E-state index is 11.0. The van der Waals surface area contributed by atoms with Crippen LogP contribution in [0.4, 0.5) is 0 Å². The van der Waals surface area contributed by atoms with Gasteiger partial charge < -0.3 is 5.73 Å². The lowest BCUT2D eigenvalue weighted by Crippen LogP contribution is -2.33. The van der Waals surface area contributed by atoms with Gasteiger partial charge in [-0.25, -0.2) is 0 Å². The molecule has 0 bridgehead atoms. The predicted octanol–water partition coefficient (Wildman–Crippen LogP) is 1.44. The van der Waals surface area contributed by atoms with Crippen molar-refractivity contribution in [3.8, 4) is 0 Å². The van der Waals surface area contributed by atoms with E-state index >= 15 is 0 Å². The zero-order chi connectivity index (χ0) is 7.90. The summed E-state index contributed by atoms with van der Waals surface area (Å²) in [6, 6.07) is 0. The SMILES string of the molecule is NC(=O)C1CCCCC12CC2. The molecule has 2 heteroatoms. The molecule has 0 aromatic carbocycles. The third-order valence-corrected chi connectivity index (χ3v) is 3.39. The summed E-state index contributed by atoms with van der Waals surface area (Å²) in [6.45, 7) is 0. The van der Waals surface area contributed by atoms with Crippen LogP contribution < -0.4 is 5.73 Å². The van der Waals surface area contributed by atoms with Gasteiger partial charge in [-0.3, -0.25) is 4.79 Å². The molecule has 2 nitrogen and oxygen atoms in total. The Kier molecular flexibility index (Phi) is 1.44. The quantitative estimate of drug-likeness (QED) is 0.608. The molecule has 2 N–H and O–H groups in total. The van der Waals surface area contributed by atoms with Gasteiger partial charge in [0, 0.05) is 5.92 Å². The van der Waals surface area contributed by atoms with E-state index in [-0.39, 0.29) is 11.8 Å². The summed E-state index contributed by atoms with van der Waals surface area (Å²) in [5, 5.41) is 0. The lowest BCUT2D eigenvalue weighted by molar-refractivity contribution is -0.125. The molecule has 2 aliphatic rings. The molecule has 1 atom stereocenters.